The highest BCUT2D eigenvalue weighted by atomic mass is 35.5. The molecule has 6 heteroatoms. The minimum atomic E-state index is -0.136. The Morgan fingerprint density at radius 3 is 2.62 bits per heavy atom. The second-order valence-electron chi connectivity index (χ2n) is 8.01. The Morgan fingerprint density at radius 2 is 1.88 bits per heavy atom. The molecule has 1 N–H and O–H groups in total. The summed E-state index contributed by atoms with van der Waals surface area (Å²) in [5.74, 6) is -0.136. The monoisotopic (exact) mass is 463 g/mol. The van der Waals surface area contributed by atoms with Gasteiger partial charge in [-0.1, -0.05) is 42.8 Å². The van der Waals surface area contributed by atoms with Crippen molar-refractivity contribution >= 4 is 46.2 Å². The van der Waals surface area contributed by atoms with E-state index in [0.29, 0.717) is 15.1 Å². The zero-order valence-corrected chi connectivity index (χ0v) is 20.5. The van der Waals surface area contributed by atoms with Gasteiger partial charge in [-0.3, -0.25) is 4.79 Å². The van der Waals surface area contributed by atoms with Crippen LogP contribution < -0.4 is 5.32 Å². The topological polar surface area (TPSA) is 46.4 Å². The summed E-state index contributed by atoms with van der Waals surface area (Å²) in [7, 11) is 0. The first kappa shape index (κ1) is 22.4. The lowest BCUT2D eigenvalue weighted by Gasteiger charge is -2.17. The molecule has 0 bridgehead atoms. The number of benzene rings is 2. The van der Waals surface area contributed by atoms with Crippen LogP contribution in [0.3, 0.4) is 0 Å². The van der Waals surface area contributed by atoms with Crippen molar-refractivity contribution in [2.75, 3.05) is 0 Å². The van der Waals surface area contributed by atoms with Gasteiger partial charge in [0, 0.05) is 16.4 Å². The average molecular weight is 464 g/mol. The molecule has 0 atom stereocenters. The average Bonchev–Trinajstić information content (AvgIpc) is 3.23. The highest BCUT2D eigenvalue weighted by Crippen LogP contribution is 2.33. The number of halogens is 1. The Balaban J connectivity index is 1.70. The third kappa shape index (κ3) is 4.27. The summed E-state index contributed by atoms with van der Waals surface area (Å²) < 4.78 is 2.29. The maximum Gasteiger partial charge on any atom is 0.264 e. The van der Waals surface area contributed by atoms with Crippen LogP contribution >= 0.6 is 23.4 Å². The smallest absolute Gasteiger partial charge is 0.264 e. The summed E-state index contributed by atoms with van der Waals surface area (Å²) in [6.45, 7) is 10.5. The van der Waals surface area contributed by atoms with Gasteiger partial charge < -0.3 is 9.88 Å². The summed E-state index contributed by atoms with van der Waals surface area (Å²) >= 11 is 7.46. The predicted octanol–water partition coefficient (Wildman–Crippen LogP) is 6.82. The van der Waals surface area contributed by atoms with Crippen molar-refractivity contribution in [3.63, 3.8) is 0 Å². The molecule has 4 nitrogen and oxygen atoms in total. The molecule has 0 aliphatic carbocycles. The van der Waals surface area contributed by atoms with Crippen LogP contribution in [0, 0.1) is 27.7 Å². The van der Waals surface area contributed by atoms with Crippen LogP contribution in [0.1, 0.15) is 40.6 Å². The van der Waals surface area contributed by atoms with Crippen LogP contribution in [-0.4, -0.2) is 15.6 Å². The Labute approximate surface area is 198 Å². The second-order valence-corrected chi connectivity index (χ2v) is 9.48. The van der Waals surface area contributed by atoms with E-state index < -0.39 is 0 Å². The van der Waals surface area contributed by atoms with Gasteiger partial charge in [-0.15, -0.1) is 0 Å². The molecule has 0 saturated carbocycles. The van der Waals surface area contributed by atoms with E-state index in [4.69, 9.17) is 11.6 Å². The molecule has 3 aromatic rings. The second kappa shape index (κ2) is 9.00. The van der Waals surface area contributed by atoms with Crippen LogP contribution in [-0.2, 0) is 11.2 Å². The van der Waals surface area contributed by atoms with E-state index in [0.717, 1.165) is 34.6 Å². The zero-order chi connectivity index (χ0) is 23.0. The van der Waals surface area contributed by atoms with Crippen molar-refractivity contribution in [2.45, 2.75) is 41.0 Å². The number of nitrogens with zero attached hydrogens (tertiary/aromatic N) is 2. The summed E-state index contributed by atoms with van der Waals surface area (Å²) in [5.41, 5.74) is 8.83. The number of carbonyl (C=O) groups excluding carboxylic acids is 1. The van der Waals surface area contributed by atoms with Gasteiger partial charge in [0.25, 0.3) is 5.91 Å². The largest absolute Gasteiger partial charge is 0.317 e. The maximum atomic E-state index is 12.6. The number of nitrogens with one attached hydrogen (secondary N) is 1. The fourth-order valence-electron chi connectivity index (χ4n) is 4.04. The number of carbonyl (C=O) groups is 1. The third-order valence-electron chi connectivity index (χ3n) is 5.73. The van der Waals surface area contributed by atoms with Gasteiger partial charge in [-0.25, -0.2) is 4.99 Å². The van der Waals surface area contributed by atoms with Gasteiger partial charge in [0.1, 0.15) is 0 Å². The molecule has 1 saturated heterocycles. The molecule has 32 heavy (non-hydrogen) atoms. The van der Waals surface area contributed by atoms with E-state index in [-0.39, 0.29) is 5.91 Å². The first-order valence-electron chi connectivity index (χ1n) is 10.6. The number of aromatic nitrogens is 1. The van der Waals surface area contributed by atoms with Crippen molar-refractivity contribution in [1.82, 2.24) is 9.88 Å². The number of hydrogen-bond donors (Lipinski definition) is 1. The van der Waals surface area contributed by atoms with Crippen molar-refractivity contribution < 1.29 is 4.79 Å². The molecule has 0 spiro atoms. The highest BCUT2D eigenvalue weighted by molar-refractivity contribution is 8.18. The SMILES string of the molecule is CCc1cccc(C)c1-n1c(C)cc(/C=C2\SC(=Nc3cc(Cl)ccc3C)NC2=O)c1C. The van der Waals surface area contributed by atoms with Gasteiger partial charge in [0.05, 0.1) is 16.3 Å². The molecule has 2 aromatic carbocycles. The number of aliphatic imine (C=N–C) groups is 1. The molecule has 1 aliphatic heterocycles. The van der Waals surface area contributed by atoms with E-state index in [1.54, 1.807) is 6.07 Å². The first-order valence-corrected chi connectivity index (χ1v) is 11.8. The van der Waals surface area contributed by atoms with Gasteiger partial charge >= 0.3 is 0 Å². The number of para-hydroxylation sites is 1. The molecule has 1 aliphatic rings. The summed E-state index contributed by atoms with van der Waals surface area (Å²) in [4.78, 5) is 17.9. The van der Waals surface area contributed by atoms with Gasteiger partial charge in [-0.2, -0.15) is 0 Å². The van der Waals surface area contributed by atoms with Crippen LogP contribution in [0.15, 0.2) is 52.4 Å². The fraction of sp³-hybridized carbons (Fsp3) is 0.231. The number of hydrogen-bond acceptors (Lipinski definition) is 3. The zero-order valence-electron chi connectivity index (χ0n) is 18.9. The number of amidine groups is 1. The quantitative estimate of drug-likeness (QED) is 0.431. The molecule has 0 unspecified atom stereocenters. The minimum absolute atomic E-state index is 0.136. The molecule has 4 rings (SSSR count). The van der Waals surface area contributed by atoms with E-state index >= 15 is 0 Å². The Kier molecular flexibility index (Phi) is 6.31. The van der Waals surface area contributed by atoms with Gasteiger partial charge in [0.2, 0.25) is 0 Å². The van der Waals surface area contributed by atoms with Crippen LogP contribution in [0.4, 0.5) is 5.69 Å². The van der Waals surface area contributed by atoms with Gasteiger partial charge in [0.15, 0.2) is 5.17 Å². The van der Waals surface area contributed by atoms with Crippen molar-refractivity contribution in [2.24, 2.45) is 4.99 Å². The Hall–Kier alpha value is -2.76. The summed E-state index contributed by atoms with van der Waals surface area (Å²) in [5, 5.41) is 4.06. The molecule has 2 heterocycles. The first-order chi connectivity index (χ1) is 15.3. The fourth-order valence-corrected chi connectivity index (χ4v) is 5.03. The molecular formula is C26H26ClN3OS. The molecule has 164 valence electrons. The number of aryl methyl sites for hydroxylation is 4. The molecule has 1 aromatic heterocycles. The number of rotatable bonds is 4. The van der Waals surface area contributed by atoms with Crippen LogP contribution in [0.5, 0.6) is 0 Å². The van der Waals surface area contributed by atoms with Crippen molar-refractivity contribution in [3.05, 3.63) is 86.0 Å². The van der Waals surface area contributed by atoms with Crippen LogP contribution in [0.2, 0.25) is 5.02 Å². The number of amides is 1. The summed E-state index contributed by atoms with van der Waals surface area (Å²) in [6.07, 6.45) is 2.92. The molecular weight excluding hydrogens is 438 g/mol. The minimum Gasteiger partial charge on any atom is -0.317 e. The lowest BCUT2D eigenvalue weighted by Crippen LogP contribution is -2.19. The van der Waals surface area contributed by atoms with Crippen molar-refractivity contribution in [3.8, 4) is 5.69 Å². The lowest BCUT2D eigenvalue weighted by atomic mass is 10.1. The van der Waals surface area contributed by atoms with Crippen LogP contribution in [0.25, 0.3) is 11.8 Å². The lowest BCUT2D eigenvalue weighted by molar-refractivity contribution is -0.115. The normalized spacial score (nSPS) is 16.2. The van der Waals surface area contributed by atoms with Gasteiger partial charge in [-0.05, 0) is 92.4 Å². The Bertz CT molecular complexity index is 1290. The van der Waals surface area contributed by atoms with E-state index in [1.807, 2.05) is 25.1 Å². The van der Waals surface area contributed by atoms with E-state index in [1.165, 1.54) is 28.6 Å². The summed E-state index contributed by atoms with van der Waals surface area (Å²) in [6, 6.07) is 14.1. The highest BCUT2D eigenvalue weighted by Gasteiger charge is 2.25. The third-order valence-corrected chi connectivity index (χ3v) is 6.87. The number of thioether (sulfide) groups is 1. The van der Waals surface area contributed by atoms with Crippen molar-refractivity contribution in [1.29, 1.82) is 0 Å². The molecule has 1 fully saturated rings. The van der Waals surface area contributed by atoms with E-state index in [9.17, 15) is 4.79 Å². The molecule has 1 amide bonds. The standard InChI is InChI=1S/C26H26ClN3OS/c1-6-19-9-7-8-16(3)24(19)30-17(4)12-20(18(30)5)13-23-25(31)29-26(32-23)28-22-14-21(27)11-10-15(22)2/h7-14H,6H2,1-5H3,(H,28,29,31)/b23-13-. The maximum absolute atomic E-state index is 12.6. The molecule has 0 radical (unpaired) electrons. The Morgan fingerprint density at radius 1 is 1.09 bits per heavy atom. The van der Waals surface area contributed by atoms with E-state index in [2.05, 4.69) is 66.8 Å². The predicted molar refractivity (Wildman–Crippen MR) is 136 cm³/mol.